The van der Waals surface area contributed by atoms with Crippen LogP contribution < -0.4 is 11.1 Å². The first kappa shape index (κ1) is 14.0. The zero-order chi connectivity index (χ0) is 13.8. The van der Waals surface area contributed by atoms with Crippen LogP contribution in [0.3, 0.4) is 0 Å². The van der Waals surface area contributed by atoms with E-state index in [2.05, 4.69) is 5.32 Å². The van der Waals surface area contributed by atoms with Gasteiger partial charge in [0.1, 0.15) is 0 Å². The molecule has 6 heteroatoms. The van der Waals surface area contributed by atoms with E-state index in [-0.39, 0.29) is 0 Å². The third-order valence-corrected chi connectivity index (χ3v) is 3.54. The van der Waals surface area contributed by atoms with Crippen molar-refractivity contribution < 1.29 is 8.78 Å². The molecular weight excluding hydrogens is 290 g/mol. The lowest BCUT2D eigenvalue weighted by Crippen LogP contribution is -1.98. The Hall–Kier alpha value is -1.46. The molecule has 0 saturated heterocycles. The van der Waals surface area contributed by atoms with Gasteiger partial charge in [0.25, 0.3) is 5.76 Å². The van der Waals surface area contributed by atoms with Crippen molar-refractivity contribution >= 4 is 40.4 Å². The first-order valence-corrected chi connectivity index (χ1v) is 6.68. The molecule has 0 fully saturated rings. The highest BCUT2D eigenvalue weighted by Crippen LogP contribution is 2.35. The third-order valence-electron chi connectivity index (χ3n) is 2.43. The maximum atomic E-state index is 12.5. The first-order chi connectivity index (χ1) is 9.08. The van der Waals surface area contributed by atoms with Gasteiger partial charge in [0, 0.05) is 4.90 Å². The minimum Gasteiger partial charge on any atom is -0.396 e. The fraction of sp³-hybridized carbons (Fsp3) is 0.0769. The molecule has 0 aliphatic carbocycles. The predicted molar refractivity (Wildman–Crippen MR) is 77.5 cm³/mol. The van der Waals surface area contributed by atoms with Gasteiger partial charge in [-0.1, -0.05) is 41.6 Å². The molecular formula is C13H11ClF2N2S. The number of hydrogen-bond donors (Lipinski definition) is 2. The Kier molecular flexibility index (Phi) is 4.50. The molecule has 0 aliphatic heterocycles. The van der Waals surface area contributed by atoms with Crippen LogP contribution in [0.4, 0.5) is 25.8 Å². The minimum atomic E-state index is -2.47. The quantitative estimate of drug-likeness (QED) is 0.618. The number of para-hydroxylation sites is 2. The summed E-state index contributed by atoms with van der Waals surface area (Å²) < 4.78 is 24.9. The van der Waals surface area contributed by atoms with E-state index < -0.39 is 5.76 Å². The van der Waals surface area contributed by atoms with Crippen LogP contribution >= 0.6 is 23.4 Å². The molecule has 2 nitrogen and oxygen atoms in total. The van der Waals surface area contributed by atoms with Gasteiger partial charge in [-0.2, -0.15) is 8.78 Å². The van der Waals surface area contributed by atoms with Crippen LogP contribution in [0.5, 0.6) is 0 Å². The highest BCUT2D eigenvalue weighted by molar-refractivity contribution is 7.99. The van der Waals surface area contributed by atoms with Crippen LogP contribution in [0, 0.1) is 0 Å². The van der Waals surface area contributed by atoms with Crippen molar-refractivity contribution in [2.45, 2.75) is 10.7 Å². The standard InChI is InChI=1S/C13H11ClF2N2S/c14-8-4-3-6-10(12(8)17)18-9-5-1-2-7-11(9)19-13(15)16/h1-7,13,18H,17H2. The van der Waals surface area contributed by atoms with Crippen LogP contribution in [0.25, 0.3) is 0 Å². The Balaban J connectivity index is 2.30. The second kappa shape index (κ2) is 6.12. The zero-order valence-electron chi connectivity index (χ0n) is 9.74. The van der Waals surface area contributed by atoms with Crippen molar-refractivity contribution in [2.75, 3.05) is 11.1 Å². The van der Waals surface area contributed by atoms with Gasteiger partial charge in [-0.05, 0) is 24.3 Å². The molecule has 0 unspecified atom stereocenters. The predicted octanol–water partition coefficient (Wildman–Crippen LogP) is 4.98. The van der Waals surface area contributed by atoms with Crippen LogP contribution in [-0.2, 0) is 0 Å². The van der Waals surface area contributed by atoms with E-state index in [1.54, 1.807) is 42.5 Å². The number of nitrogens with one attached hydrogen (secondary N) is 1. The molecule has 0 atom stereocenters. The molecule has 100 valence electrons. The van der Waals surface area contributed by atoms with E-state index in [0.717, 1.165) is 0 Å². The largest absolute Gasteiger partial charge is 0.396 e. The van der Waals surface area contributed by atoms with E-state index in [1.165, 1.54) is 0 Å². The first-order valence-electron chi connectivity index (χ1n) is 5.43. The van der Waals surface area contributed by atoms with Crippen molar-refractivity contribution in [2.24, 2.45) is 0 Å². The number of alkyl halides is 2. The van der Waals surface area contributed by atoms with E-state index in [9.17, 15) is 8.78 Å². The second-order valence-electron chi connectivity index (χ2n) is 3.70. The summed E-state index contributed by atoms with van der Waals surface area (Å²) in [5, 5.41) is 3.44. The topological polar surface area (TPSA) is 38.0 Å². The van der Waals surface area contributed by atoms with Crippen LogP contribution in [0.15, 0.2) is 47.4 Å². The average Bonchev–Trinajstić information content (AvgIpc) is 2.36. The van der Waals surface area contributed by atoms with Crippen molar-refractivity contribution in [3.8, 4) is 0 Å². The molecule has 0 heterocycles. The SMILES string of the molecule is Nc1c(Cl)cccc1Nc1ccccc1SC(F)F. The maximum Gasteiger partial charge on any atom is 0.288 e. The van der Waals surface area contributed by atoms with E-state index in [0.29, 0.717) is 38.7 Å². The van der Waals surface area contributed by atoms with Crippen molar-refractivity contribution in [1.29, 1.82) is 0 Å². The fourth-order valence-electron chi connectivity index (χ4n) is 1.56. The molecule has 0 spiro atoms. The molecule has 2 aromatic carbocycles. The molecule has 0 aromatic heterocycles. The summed E-state index contributed by atoms with van der Waals surface area (Å²) in [6.45, 7) is 0. The molecule has 2 rings (SSSR count). The zero-order valence-corrected chi connectivity index (χ0v) is 11.3. The van der Waals surface area contributed by atoms with Crippen LogP contribution in [0.2, 0.25) is 5.02 Å². The lowest BCUT2D eigenvalue weighted by molar-refractivity contribution is 0.252. The Labute approximate surface area is 119 Å². The van der Waals surface area contributed by atoms with Crippen molar-refractivity contribution in [3.05, 3.63) is 47.5 Å². The van der Waals surface area contributed by atoms with E-state index in [4.69, 9.17) is 17.3 Å². The molecule has 2 aromatic rings. The molecule has 0 bridgehead atoms. The number of hydrogen-bond acceptors (Lipinski definition) is 3. The number of rotatable bonds is 4. The highest BCUT2D eigenvalue weighted by Gasteiger charge is 2.11. The molecule has 0 aliphatic rings. The molecule has 0 saturated carbocycles. The van der Waals surface area contributed by atoms with Gasteiger partial charge < -0.3 is 11.1 Å². The number of nitrogen functional groups attached to an aromatic ring is 1. The number of benzene rings is 2. The van der Waals surface area contributed by atoms with E-state index >= 15 is 0 Å². The van der Waals surface area contributed by atoms with Crippen LogP contribution in [0.1, 0.15) is 0 Å². The smallest absolute Gasteiger partial charge is 0.288 e. The highest BCUT2D eigenvalue weighted by atomic mass is 35.5. The monoisotopic (exact) mass is 300 g/mol. The number of thioether (sulfide) groups is 1. The number of nitrogens with two attached hydrogens (primary N) is 1. The molecule has 0 radical (unpaired) electrons. The Morgan fingerprint density at radius 1 is 1.05 bits per heavy atom. The van der Waals surface area contributed by atoms with Gasteiger partial charge in [-0.3, -0.25) is 0 Å². The second-order valence-corrected chi connectivity index (χ2v) is 5.14. The normalized spacial score (nSPS) is 10.7. The van der Waals surface area contributed by atoms with Gasteiger partial charge in [0.05, 0.1) is 22.1 Å². The van der Waals surface area contributed by atoms with Crippen molar-refractivity contribution in [3.63, 3.8) is 0 Å². The van der Waals surface area contributed by atoms with Gasteiger partial charge in [-0.25, -0.2) is 0 Å². The van der Waals surface area contributed by atoms with Crippen molar-refractivity contribution in [1.82, 2.24) is 0 Å². The van der Waals surface area contributed by atoms with Crippen LogP contribution in [-0.4, -0.2) is 5.76 Å². The third kappa shape index (κ3) is 3.52. The van der Waals surface area contributed by atoms with Gasteiger partial charge in [0.15, 0.2) is 0 Å². The lowest BCUT2D eigenvalue weighted by atomic mass is 10.2. The van der Waals surface area contributed by atoms with Gasteiger partial charge in [-0.15, -0.1) is 0 Å². The molecule has 3 N–H and O–H groups in total. The Morgan fingerprint density at radius 2 is 1.74 bits per heavy atom. The number of anilines is 3. The summed E-state index contributed by atoms with van der Waals surface area (Å²) in [7, 11) is 0. The fourth-order valence-corrected chi connectivity index (χ4v) is 2.33. The summed E-state index contributed by atoms with van der Waals surface area (Å²) in [6, 6.07) is 12.0. The average molecular weight is 301 g/mol. The summed E-state index contributed by atoms with van der Waals surface area (Å²) in [6.07, 6.45) is 0. The Morgan fingerprint density at radius 3 is 2.47 bits per heavy atom. The van der Waals surface area contributed by atoms with E-state index in [1.807, 2.05) is 0 Å². The van der Waals surface area contributed by atoms with Gasteiger partial charge in [0.2, 0.25) is 0 Å². The Bertz CT molecular complexity index is 578. The minimum absolute atomic E-state index is 0.390. The summed E-state index contributed by atoms with van der Waals surface area (Å²) in [4.78, 5) is 0.455. The van der Waals surface area contributed by atoms with Gasteiger partial charge >= 0.3 is 0 Å². The number of halogens is 3. The summed E-state index contributed by atoms with van der Waals surface area (Å²) in [5.41, 5.74) is 7.39. The molecule has 19 heavy (non-hydrogen) atoms. The lowest BCUT2D eigenvalue weighted by Gasteiger charge is -2.13. The summed E-state index contributed by atoms with van der Waals surface area (Å²) >= 11 is 6.40. The molecule has 0 amide bonds. The summed E-state index contributed by atoms with van der Waals surface area (Å²) in [5.74, 6) is -2.47. The maximum absolute atomic E-state index is 12.5.